The molecule has 0 saturated heterocycles. The van der Waals surface area contributed by atoms with Crippen LogP contribution in [0.15, 0.2) is 48.5 Å². The van der Waals surface area contributed by atoms with Gasteiger partial charge in [0.15, 0.2) is 0 Å². The number of hydrogen-bond acceptors (Lipinski definition) is 9. The molecular formula is C20H26O9. The van der Waals surface area contributed by atoms with Crippen LogP contribution in [0.25, 0.3) is 0 Å². The second kappa shape index (κ2) is 7.98. The monoisotopic (exact) mass is 410 g/mol. The second-order valence-corrected chi connectivity index (χ2v) is 6.84. The first-order chi connectivity index (χ1) is 13.3. The molecule has 0 fully saturated rings. The van der Waals surface area contributed by atoms with Gasteiger partial charge >= 0.3 is 0 Å². The second-order valence-electron chi connectivity index (χ2n) is 6.84. The molecule has 0 unspecified atom stereocenters. The highest BCUT2D eigenvalue weighted by atomic mass is 16.6. The highest BCUT2D eigenvalue weighted by Crippen LogP contribution is 2.34. The van der Waals surface area contributed by atoms with Crippen LogP contribution in [0.2, 0.25) is 0 Å². The summed E-state index contributed by atoms with van der Waals surface area (Å²) in [6, 6.07) is 10.5. The smallest absolute Gasteiger partial charge is 0.245 e. The minimum atomic E-state index is -2.88. The Bertz CT molecular complexity index is 739. The first kappa shape index (κ1) is 23.2. The first-order valence-electron chi connectivity index (χ1n) is 8.96. The van der Waals surface area contributed by atoms with E-state index in [1.165, 1.54) is 62.4 Å². The molecule has 0 saturated carbocycles. The molecule has 9 heteroatoms. The van der Waals surface area contributed by atoms with E-state index >= 15 is 0 Å². The number of hydrogen-bond donors (Lipinski definition) is 8. The van der Waals surface area contributed by atoms with Crippen LogP contribution in [0.4, 0.5) is 0 Å². The summed E-state index contributed by atoms with van der Waals surface area (Å²) in [6.45, 7) is 2.77. The summed E-state index contributed by atoms with van der Waals surface area (Å²) in [7, 11) is 0. The van der Waals surface area contributed by atoms with Crippen molar-refractivity contribution in [1.82, 2.24) is 0 Å². The Morgan fingerprint density at radius 1 is 0.552 bits per heavy atom. The summed E-state index contributed by atoms with van der Waals surface area (Å²) >= 11 is 0. The lowest BCUT2D eigenvalue weighted by Gasteiger charge is -2.34. The average Bonchev–Trinajstić information content (AvgIpc) is 2.68. The van der Waals surface area contributed by atoms with Crippen LogP contribution in [0, 0.1) is 0 Å². The number of rotatable bonds is 8. The molecular weight excluding hydrogens is 384 g/mol. The zero-order chi connectivity index (χ0) is 22.1. The third kappa shape index (κ3) is 4.42. The van der Waals surface area contributed by atoms with Gasteiger partial charge in [-0.25, -0.2) is 0 Å². The van der Waals surface area contributed by atoms with Gasteiger partial charge in [0, 0.05) is 24.0 Å². The molecule has 0 bridgehead atoms. The van der Waals surface area contributed by atoms with Crippen LogP contribution in [0.3, 0.4) is 0 Å². The SMILES string of the molecule is CCC(O)(O)C(O)(O)c1ccc(Oc2ccc(C(O)(O)C(O)(O)CC)cc2)cc1. The van der Waals surface area contributed by atoms with E-state index in [0.29, 0.717) is 0 Å². The van der Waals surface area contributed by atoms with Crippen molar-refractivity contribution in [3.63, 3.8) is 0 Å². The number of aliphatic hydroxyl groups is 8. The highest BCUT2D eigenvalue weighted by molar-refractivity contribution is 5.37. The normalized spacial score (nSPS) is 13.4. The van der Waals surface area contributed by atoms with Crippen LogP contribution >= 0.6 is 0 Å². The lowest BCUT2D eigenvalue weighted by Crippen LogP contribution is -2.51. The van der Waals surface area contributed by atoms with E-state index < -0.39 is 23.1 Å². The summed E-state index contributed by atoms with van der Waals surface area (Å²) in [4.78, 5) is 0. The largest absolute Gasteiger partial charge is 0.457 e. The molecule has 0 aliphatic carbocycles. The van der Waals surface area contributed by atoms with Crippen LogP contribution in [0.1, 0.15) is 37.8 Å². The fraction of sp³-hybridized carbons (Fsp3) is 0.400. The molecule has 160 valence electrons. The van der Waals surface area contributed by atoms with Crippen molar-refractivity contribution in [2.24, 2.45) is 0 Å². The molecule has 2 aromatic carbocycles. The lowest BCUT2D eigenvalue weighted by molar-refractivity contribution is -0.366. The van der Waals surface area contributed by atoms with Crippen molar-refractivity contribution in [2.45, 2.75) is 49.8 Å². The number of ether oxygens (including phenoxy) is 1. The molecule has 0 aliphatic rings. The quantitative estimate of drug-likeness (QED) is 0.278. The van der Waals surface area contributed by atoms with Gasteiger partial charge in [0.05, 0.1) is 0 Å². The maximum Gasteiger partial charge on any atom is 0.245 e. The van der Waals surface area contributed by atoms with Crippen molar-refractivity contribution >= 4 is 0 Å². The van der Waals surface area contributed by atoms with E-state index in [1.54, 1.807) is 0 Å². The van der Waals surface area contributed by atoms with Crippen molar-refractivity contribution < 1.29 is 45.6 Å². The molecule has 0 heterocycles. The summed E-state index contributed by atoms with van der Waals surface area (Å²) in [5.41, 5.74) is -0.307. The van der Waals surface area contributed by atoms with Crippen LogP contribution in [-0.2, 0) is 11.6 Å². The third-order valence-corrected chi connectivity index (χ3v) is 4.85. The molecule has 0 spiro atoms. The van der Waals surface area contributed by atoms with E-state index in [1.807, 2.05) is 0 Å². The van der Waals surface area contributed by atoms with Gasteiger partial charge in [-0.15, -0.1) is 0 Å². The predicted molar refractivity (Wildman–Crippen MR) is 100 cm³/mol. The Hall–Kier alpha value is -2.08. The van der Waals surface area contributed by atoms with Crippen LogP contribution < -0.4 is 4.74 Å². The van der Waals surface area contributed by atoms with Gasteiger partial charge in [-0.1, -0.05) is 13.8 Å². The van der Waals surface area contributed by atoms with Gasteiger partial charge < -0.3 is 45.6 Å². The lowest BCUT2D eigenvalue weighted by atomic mass is 9.95. The molecule has 9 nitrogen and oxygen atoms in total. The van der Waals surface area contributed by atoms with Gasteiger partial charge in [0.2, 0.25) is 23.1 Å². The molecule has 2 aromatic rings. The van der Waals surface area contributed by atoms with Crippen molar-refractivity contribution in [3.8, 4) is 11.5 Å². The van der Waals surface area contributed by atoms with Gasteiger partial charge in [-0.05, 0) is 48.5 Å². The first-order valence-corrected chi connectivity index (χ1v) is 8.96. The molecule has 0 amide bonds. The zero-order valence-corrected chi connectivity index (χ0v) is 16.0. The summed E-state index contributed by atoms with van der Waals surface area (Å²) in [6.07, 6.45) is -0.633. The average molecular weight is 410 g/mol. The fourth-order valence-electron chi connectivity index (χ4n) is 2.60. The van der Waals surface area contributed by atoms with Gasteiger partial charge in [-0.2, -0.15) is 0 Å². The Labute approximate surface area is 167 Å². The molecule has 0 atom stereocenters. The van der Waals surface area contributed by atoms with E-state index in [4.69, 9.17) is 4.74 Å². The van der Waals surface area contributed by atoms with Gasteiger partial charge in [-0.3, -0.25) is 0 Å². The van der Waals surface area contributed by atoms with Crippen molar-refractivity contribution in [2.75, 3.05) is 0 Å². The molecule has 2 rings (SSSR count). The van der Waals surface area contributed by atoms with E-state index in [0.717, 1.165) is 0 Å². The third-order valence-electron chi connectivity index (χ3n) is 4.85. The molecule has 0 aliphatic heterocycles. The Morgan fingerprint density at radius 3 is 1.07 bits per heavy atom. The minimum absolute atomic E-state index is 0.154. The summed E-state index contributed by atoms with van der Waals surface area (Å²) in [5.74, 6) is -10.7. The van der Waals surface area contributed by atoms with E-state index in [2.05, 4.69) is 0 Å². The Morgan fingerprint density at radius 2 is 0.828 bits per heavy atom. The van der Waals surface area contributed by atoms with Crippen molar-refractivity contribution in [1.29, 1.82) is 0 Å². The summed E-state index contributed by atoms with van der Waals surface area (Å²) in [5, 5.41) is 78.9. The Balaban J connectivity index is 2.18. The minimum Gasteiger partial charge on any atom is -0.457 e. The highest BCUT2D eigenvalue weighted by Gasteiger charge is 2.48. The molecule has 29 heavy (non-hydrogen) atoms. The standard InChI is InChI=1S/C20H26O9/c1-3-17(21,22)19(25,26)13-5-9-15(10-6-13)29-16-11-7-14(8-12-16)20(27,28)18(23,24)4-2/h5-12,21-28H,3-4H2,1-2H3. The van der Waals surface area contributed by atoms with Crippen molar-refractivity contribution in [3.05, 3.63) is 59.7 Å². The van der Waals surface area contributed by atoms with Crippen LogP contribution in [-0.4, -0.2) is 52.4 Å². The van der Waals surface area contributed by atoms with E-state index in [-0.39, 0.29) is 35.5 Å². The summed E-state index contributed by atoms with van der Waals surface area (Å²) < 4.78 is 5.56. The zero-order valence-electron chi connectivity index (χ0n) is 16.0. The van der Waals surface area contributed by atoms with Gasteiger partial charge in [0.1, 0.15) is 11.5 Å². The molecule has 0 radical (unpaired) electrons. The molecule has 0 aromatic heterocycles. The maximum absolute atomic E-state index is 10.0. The Kier molecular flexibility index (Phi) is 6.38. The maximum atomic E-state index is 10.0. The molecule has 8 N–H and O–H groups in total. The topological polar surface area (TPSA) is 171 Å². The van der Waals surface area contributed by atoms with Gasteiger partial charge in [0.25, 0.3) is 0 Å². The van der Waals surface area contributed by atoms with E-state index in [9.17, 15) is 40.9 Å². The predicted octanol–water partition coefficient (Wildman–Crippen LogP) is -0.0645. The fourth-order valence-corrected chi connectivity index (χ4v) is 2.60. The van der Waals surface area contributed by atoms with Crippen LogP contribution in [0.5, 0.6) is 11.5 Å². The number of benzene rings is 2.